The van der Waals surface area contributed by atoms with Crippen molar-refractivity contribution in [2.45, 2.75) is 39.8 Å². The Bertz CT molecular complexity index is 598. The van der Waals surface area contributed by atoms with Gasteiger partial charge in [0.25, 0.3) is 5.91 Å². The summed E-state index contributed by atoms with van der Waals surface area (Å²) < 4.78 is 13.9. The van der Waals surface area contributed by atoms with E-state index in [9.17, 15) is 14.0 Å². The largest absolute Gasteiger partial charge is 0.342 e. The molecule has 1 saturated heterocycles. The van der Waals surface area contributed by atoms with E-state index in [0.29, 0.717) is 9.26 Å². The molecule has 1 aromatic rings. The van der Waals surface area contributed by atoms with Crippen LogP contribution >= 0.6 is 22.6 Å². The normalized spacial score (nSPS) is 23.2. The highest BCUT2D eigenvalue weighted by atomic mass is 127. The number of hydrogen-bond donors (Lipinski definition) is 1. The first-order valence-corrected chi connectivity index (χ1v) is 7.79. The Balaban J connectivity index is 2.48. The van der Waals surface area contributed by atoms with Crippen LogP contribution in [-0.4, -0.2) is 23.9 Å². The van der Waals surface area contributed by atoms with Gasteiger partial charge in [-0.15, -0.1) is 0 Å². The predicted octanol–water partition coefficient (Wildman–Crippen LogP) is 2.70. The molecular weight excluding hydrogens is 386 g/mol. The molecule has 2 rings (SSSR count). The van der Waals surface area contributed by atoms with Crippen molar-refractivity contribution in [2.24, 2.45) is 5.41 Å². The van der Waals surface area contributed by atoms with Gasteiger partial charge in [0.1, 0.15) is 17.9 Å². The van der Waals surface area contributed by atoms with Crippen LogP contribution in [0.15, 0.2) is 18.2 Å². The molecule has 114 valence electrons. The summed E-state index contributed by atoms with van der Waals surface area (Å²) >= 11 is 1.98. The molecule has 0 aliphatic carbocycles. The summed E-state index contributed by atoms with van der Waals surface area (Å²) in [7, 11) is 0. The van der Waals surface area contributed by atoms with Crippen LogP contribution in [0.4, 0.5) is 10.1 Å². The Kier molecular flexibility index (Phi) is 4.28. The molecule has 0 aromatic heterocycles. The molecule has 4 nitrogen and oxygen atoms in total. The molecule has 2 amide bonds. The van der Waals surface area contributed by atoms with Gasteiger partial charge in [-0.1, -0.05) is 20.8 Å². The van der Waals surface area contributed by atoms with Gasteiger partial charge in [0.2, 0.25) is 5.91 Å². The van der Waals surface area contributed by atoms with E-state index in [1.54, 1.807) is 13.0 Å². The fraction of sp³-hybridized carbons (Fsp3) is 0.467. The van der Waals surface area contributed by atoms with E-state index >= 15 is 0 Å². The Morgan fingerprint density at radius 3 is 2.43 bits per heavy atom. The SMILES string of the molecule is CC1C(=O)NC(C(C)(C)C)C(=O)N1c1ccc(F)cc1I. The van der Waals surface area contributed by atoms with Crippen molar-refractivity contribution in [1.82, 2.24) is 5.32 Å². The van der Waals surface area contributed by atoms with Gasteiger partial charge in [-0.05, 0) is 53.1 Å². The highest BCUT2D eigenvalue weighted by Crippen LogP contribution is 2.31. The smallest absolute Gasteiger partial charge is 0.250 e. The van der Waals surface area contributed by atoms with Crippen molar-refractivity contribution in [3.63, 3.8) is 0 Å². The maximum atomic E-state index is 13.3. The van der Waals surface area contributed by atoms with Gasteiger partial charge in [-0.3, -0.25) is 14.5 Å². The fourth-order valence-electron chi connectivity index (χ4n) is 2.36. The van der Waals surface area contributed by atoms with Crippen LogP contribution in [0.1, 0.15) is 27.7 Å². The molecular formula is C15H18FIN2O2. The summed E-state index contributed by atoms with van der Waals surface area (Å²) in [6.07, 6.45) is 0. The zero-order chi connectivity index (χ0) is 15.9. The molecule has 6 heteroatoms. The average molecular weight is 404 g/mol. The number of carbonyl (C=O) groups excluding carboxylic acids is 2. The zero-order valence-corrected chi connectivity index (χ0v) is 14.6. The van der Waals surface area contributed by atoms with E-state index in [2.05, 4.69) is 5.32 Å². The van der Waals surface area contributed by atoms with E-state index < -0.39 is 17.5 Å². The summed E-state index contributed by atoms with van der Waals surface area (Å²) in [6.45, 7) is 7.38. The van der Waals surface area contributed by atoms with Gasteiger partial charge < -0.3 is 5.32 Å². The van der Waals surface area contributed by atoms with E-state index in [0.717, 1.165) is 0 Å². The maximum Gasteiger partial charge on any atom is 0.250 e. The minimum atomic E-state index is -0.616. The average Bonchev–Trinajstić information content (AvgIpc) is 2.35. The molecule has 21 heavy (non-hydrogen) atoms. The minimum Gasteiger partial charge on any atom is -0.342 e. The van der Waals surface area contributed by atoms with Gasteiger partial charge in [0.15, 0.2) is 0 Å². The van der Waals surface area contributed by atoms with Crippen LogP contribution < -0.4 is 10.2 Å². The summed E-state index contributed by atoms with van der Waals surface area (Å²) in [6, 6.07) is 2.99. The van der Waals surface area contributed by atoms with E-state index in [4.69, 9.17) is 0 Å². The molecule has 1 aromatic carbocycles. The topological polar surface area (TPSA) is 49.4 Å². The highest BCUT2D eigenvalue weighted by molar-refractivity contribution is 14.1. The van der Waals surface area contributed by atoms with Crippen molar-refractivity contribution in [3.8, 4) is 0 Å². The molecule has 1 aliphatic heterocycles. The number of anilines is 1. The lowest BCUT2D eigenvalue weighted by molar-refractivity contribution is -0.136. The molecule has 0 spiro atoms. The van der Waals surface area contributed by atoms with Gasteiger partial charge in [0, 0.05) is 3.57 Å². The van der Waals surface area contributed by atoms with Gasteiger partial charge in [-0.2, -0.15) is 0 Å². The number of carbonyl (C=O) groups is 2. The molecule has 2 atom stereocenters. The Morgan fingerprint density at radius 2 is 1.90 bits per heavy atom. The first-order valence-electron chi connectivity index (χ1n) is 6.71. The standard InChI is InChI=1S/C15H18FIN2O2/c1-8-13(20)18-12(15(2,3)4)14(21)19(8)11-6-5-9(16)7-10(11)17/h5-8,12H,1-4H3,(H,18,20). The van der Waals surface area contributed by atoms with Gasteiger partial charge in [0.05, 0.1) is 5.69 Å². The van der Waals surface area contributed by atoms with Crippen LogP contribution in [0.5, 0.6) is 0 Å². The number of piperazine rings is 1. The third kappa shape index (κ3) is 3.04. The maximum absolute atomic E-state index is 13.3. The molecule has 0 radical (unpaired) electrons. The lowest BCUT2D eigenvalue weighted by Gasteiger charge is -2.42. The second-order valence-corrected chi connectivity index (χ2v) is 7.45. The Labute approximate surface area is 137 Å². The Hall–Kier alpha value is -1.18. The Morgan fingerprint density at radius 1 is 1.29 bits per heavy atom. The van der Waals surface area contributed by atoms with Crippen LogP contribution in [0.2, 0.25) is 0 Å². The first-order chi connectivity index (χ1) is 9.62. The molecule has 2 unspecified atom stereocenters. The van der Waals surface area contributed by atoms with Crippen LogP contribution in [-0.2, 0) is 9.59 Å². The third-order valence-electron chi connectivity index (χ3n) is 3.57. The number of nitrogens with one attached hydrogen (secondary N) is 1. The number of amides is 2. The summed E-state index contributed by atoms with van der Waals surface area (Å²) in [5, 5.41) is 2.78. The van der Waals surface area contributed by atoms with Crippen molar-refractivity contribution < 1.29 is 14.0 Å². The summed E-state index contributed by atoms with van der Waals surface area (Å²) in [4.78, 5) is 26.4. The number of hydrogen-bond acceptors (Lipinski definition) is 2. The molecule has 1 aliphatic rings. The van der Waals surface area contributed by atoms with Crippen LogP contribution in [0, 0.1) is 14.8 Å². The number of rotatable bonds is 1. The van der Waals surface area contributed by atoms with Crippen molar-refractivity contribution >= 4 is 40.1 Å². The van der Waals surface area contributed by atoms with E-state index in [1.807, 2.05) is 43.4 Å². The van der Waals surface area contributed by atoms with E-state index in [-0.39, 0.29) is 17.6 Å². The highest BCUT2D eigenvalue weighted by Gasteiger charge is 2.44. The molecule has 0 saturated carbocycles. The summed E-state index contributed by atoms with van der Waals surface area (Å²) in [5.74, 6) is -0.731. The lowest BCUT2D eigenvalue weighted by Crippen LogP contribution is -2.66. The van der Waals surface area contributed by atoms with Crippen LogP contribution in [0.3, 0.4) is 0 Å². The number of halogens is 2. The second kappa shape index (κ2) is 5.55. The zero-order valence-electron chi connectivity index (χ0n) is 12.4. The number of benzene rings is 1. The van der Waals surface area contributed by atoms with Crippen molar-refractivity contribution in [2.75, 3.05) is 4.90 Å². The second-order valence-electron chi connectivity index (χ2n) is 6.29. The molecule has 1 N–H and O–H groups in total. The lowest BCUT2D eigenvalue weighted by atomic mass is 9.84. The molecule has 0 bridgehead atoms. The minimum absolute atomic E-state index is 0.167. The van der Waals surface area contributed by atoms with Crippen molar-refractivity contribution in [3.05, 3.63) is 27.6 Å². The summed E-state index contributed by atoms with van der Waals surface area (Å²) in [5.41, 5.74) is 0.176. The van der Waals surface area contributed by atoms with Crippen molar-refractivity contribution in [1.29, 1.82) is 0 Å². The molecule has 1 heterocycles. The third-order valence-corrected chi connectivity index (χ3v) is 4.44. The van der Waals surface area contributed by atoms with Crippen LogP contribution in [0.25, 0.3) is 0 Å². The quantitative estimate of drug-likeness (QED) is 0.732. The van der Waals surface area contributed by atoms with E-state index in [1.165, 1.54) is 17.0 Å². The monoisotopic (exact) mass is 404 g/mol. The first kappa shape index (κ1) is 16.2. The molecule has 1 fully saturated rings. The van der Waals surface area contributed by atoms with Gasteiger partial charge in [-0.25, -0.2) is 4.39 Å². The fourth-order valence-corrected chi connectivity index (χ4v) is 3.10. The van der Waals surface area contributed by atoms with Gasteiger partial charge >= 0.3 is 0 Å². The predicted molar refractivity (Wildman–Crippen MR) is 87.5 cm³/mol. The number of nitrogens with zero attached hydrogens (tertiary/aromatic N) is 1.